The SMILES string of the molecule is CC(C)(C)OC(=O)c1ccccc1P(=CCl)(c1ccccc1)c1ccccc1. The third kappa shape index (κ3) is 4.09. The number of ether oxygens (including phenoxy) is 1. The number of esters is 1. The van der Waals surface area contributed by atoms with Crippen LogP contribution in [0.15, 0.2) is 84.9 Å². The zero-order valence-electron chi connectivity index (χ0n) is 16.3. The van der Waals surface area contributed by atoms with Gasteiger partial charge < -0.3 is 4.74 Å². The molecule has 4 heteroatoms. The van der Waals surface area contributed by atoms with E-state index in [2.05, 4.69) is 24.3 Å². The first-order valence-corrected chi connectivity index (χ1v) is 11.5. The highest BCUT2D eigenvalue weighted by atomic mass is 35.5. The number of hydrogen-bond acceptors (Lipinski definition) is 2. The smallest absolute Gasteiger partial charge is 0.339 e. The summed E-state index contributed by atoms with van der Waals surface area (Å²) in [6.45, 7) is 3.27. The van der Waals surface area contributed by atoms with Crippen LogP contribution in [0.2, 0.25) is 0 Å². The standard InChI is InChI=1S/C24H24ClO2P/c1-24(2,3)27-23(26)21-16-10-11-17-22(21)28(18-25,19-12-6-4-7-13-19)20-14-8-5-9-15-20/h4-18H,1-3H3. The lowest BCUT2D eigenvalue weighted by Gasteiger charge is -2.29. The van der Waals surface area contributed by atoms with Crippen molar-refractivity contribution in [2.24, 2.45) is 0 Å². The number of hydrogen-bond donors (Lipinski definition) is 0. The van der Waals surface area contributed by atoms with Crippen LogP contribution >= 0.6 is 18.5 Å². The molecule has 0 amide bonds. The molecule has 0 unspecified atom stereocenters. The fraction of sp³-hybridized carbons (Fsp3) is 0.167. The van der Waals surface area contributed by atoms with Gasteiger partial charge in [0, 0.05) is 5.26 Å². The normalized spacial score (nSPS) is 11.7. The quantitative estimate of drug-likeness (QED) is 0.450. The van der Waals surface area contributed by atoms with Crippen molar-refractivity contribution in [3.05, 3.63) is 90.5 Å². The highest BCUT2D eigenvalue weighted by Gasteiger charge is 2.30. The third-order valence-corrected chi connectivity index (χ3v) is 8.92. The molecule has 0 aromatic heterocycles. The molecule has 0 aliphatic heterocycles. The molecule has 0 atom stereocenters. The van der Waals surface area contributed by atoms with Crippen LogP contribution in [-0.2, 0) is 4.74 Å². The van der Waals surface area contributed by atoms with Crippen LogP contribution in [0.25, 0.3) is 0 Å². The highest BCUT2D eigenvalue weighted by Crippen LogP contribution is 2.45. The van der Waals surface area contributed by atoms with Gasteiger partial charge in [0.2, 0.25) is 0 Å². The average Bonchev–Trinajstić information content (AvgIpc) is 2.70. The lowest BCUT2D eigenvalue weighted by molar-refractivity contribution is 0.00711. The van der Waals surface area contributed by atoms with Gasteiger partial charge in [-0.3, -0.25) is 0 Å². The summed E-state index contributed by atoms with van der Waals surface area (Å²) in [5.74, 6) is -0.335. The second-order valence-electron chi connectivity index (χ2n) is 7.51. The Bertz CT molecular complexity index is 962. The zero-order valence-corrected chi connectivity index (χ0v) is 18.0. The van der Waals surface area contributed by atoms with Gasteiger partial charge in [-0.25, -0.2) is 4.79 Å². The molecule has 3 aromatic carbocycles. The third-order valence-electron chi connectivity index (χ3n) is 4.38. The summed E-state index contributed by atoms with van der Waals surface area (Å²) < 4.78 is 5.70. The summed E-state index contributed by atoms with van der Waals surface area (Å²) in [6.07, 6.45) is 0. The van der Waals surface area contributed by atoms with Gasteiger partial charge in [-0.2, -0.15) is 0 Å². The highest BCUT2D eigenvalue weighted by molar-refractivity contribution is 7.96. The number of carbonyl (C=O) groups excluding carboxylic acids is 1. The Morgan fingerprint density at radius 2 is 1.29 bits per heavy atom. The summed E-state index contributed by atoms with van der Waals surface area (Å²) >= 11 is 6.61. The van der Waals surface area contributed by atoms with Gasteiger partial charge in [-0.15, -0.1) is 0 Å². The Hall–Kier alpha value is -2.28. The molecule has 0 saturated heterocycles. The van der Waals surface area contributed by atoms with Crippen LogP contribution < -0.4 is 15.9 Å². The van der Waals surface area contributed by atoms with Crippen LogP contribution in [-0.4, -0.2) is 16.8 Å². The van der Waals surface area contributed by atoms with Crippen molar-refractivity contribution >= 4 is 45.6 Å². The first-order chi connectivity index (χ1) is 13.4. The largest absolute Gasteiger partial charge is 0.456 e. The summed E-state index contributed by atoms with van der Waals surface area (Å²) in [5, 5.41) is 4.83. The molecule has 0 fully saturated rings. The molecule has 0 aliphatic carbocycles. The van der Waals surface area contributed by atoms with E-state index in [9.17, 15) is 4.79 Å². The van der Waals surface area contributed by atoms with E-state index < -0.39 is 12.5 Å². The zero-order chi connectivity index (χ0) is 20.2. The molecule has 0 bridgehead atoms. The van der Waals surface area contributed by atoms with Gasteiger partial charge >= 0.3 is 5.97 Å². The minimum atomic E-state index is -2.35. The van der Waals surface area contributed by atoms with E-state index in [1.54, 1.807) is 5.26 Å². The van der Waals surface area contributed by atoms with E-state index in [-0.39, 0.29) is 5.97 Å². The maximum absolute atomic E-state index is 13.0. The van der Waals surface area contributed by atoms with Gasteiger partial charge in [-0.1, -0.05) is 90.5 Å². The molecule has 0 heterocycles. The van der Waals surface area contributed by atoms with Crippen molar-refractivity contribution in [1.82, 2.24) is 0 Å². The van der Waals surface area contributed by atoms with Crippen LogP contribution in [0.1, 0.15) is 31.1 Å². The van der Waals surface area contributed by atoms with Gasteiger partial charge in [0.15, 0.2) is 0 Å². The lowest BCUT2D eigenvalue weighted by Crippen LogP contribution is -2.32. The van der Waals surface area contributed by atoms with Crippen molar-refractivity contribution < 1.29 is 9.53 Å². The molecule has 2 nitrogen and oxygen atoms in total. The van der Waals surface area contributed by atoms with Gasteiger partial charge in [-0.05, 0) is 49.6 Å². The fourth-order valence-corrected chi connectivity index (χ4v) is 7.53. The molecule has 0 saturated carbocycles. The van der Waals surface area contributed by atoms with Gasteiger partial charge in [0.1, 0.15) is 5.60 Å². The first-order valence-electron chi connectivity index (χ1n) is 9.16. The topological polar surface area (TPSA) is 26.3 Å². The second kappa shape index (κ2) is 8.39. The average molecular weight is 411 g/mol. The van der Waals surface area contributed by atoms with Gasteiger partial charge in [0.25, 0.3) is 0 Å². The molecule has 3 aromatic rings. The minimum Gasteiger partial charge on any atom is -0.456 e. The predicted octanol–water partition coefficient (Wildman–Crippen LogP) is 4.93. The van der Waals surface area contributed by atoms with E-state index >= 15 is 0 Å². The van der Waals surface area contributed by atoms with Crippen LogP contribution in [0.4, 0.5) is 0 Å². The molecular weight excluding hydrogens is 387 g/mol. The second-order valence-corrected chi connectivity index (χ2v) is 11.3. The molecule has 144 valence electrons. The summed E-state index contributed by atoms with van der Waals surface area (Å²) in [7, 11) is 0. The number of carbonyl (C=O) groups is 1. The Labute approximate surface area is 172 Å². The van der Waals surface area contributed by atoms with Crippen molar-refractivity contribution in [1.29, 1.82) is 0 Å². The summed E-state index contributed by atoms with van der Waals surface area (Å²) in [5.41, 5.74) is -0.0227. The Balaban J connectivity index is 2.32. The monoisotopic (exact) mass is 410 g/mol. The van der Waals surface area contributed by atoms with E-state index in [1.165, 1.54) is 0 Å². The Kier molecular flexibility index (Phi) is 6.13. The Morgan fingerprint density at radius 3 is 1.75 bits per heavy atom. The maximum Gasteiger partial charge on any atom is 0.339 e. The Morgan fingerprint density at radius 1 is 0.821 bits per heavy atom. The number of benzene rings is 3. The minimum absolute atomic E-state index is 0.335. The summed E-state index contributed by atoms with van der Waals surface area (Å²) in [6, 6.07) is 27.9. The number of halogens is 1. The molecule has 28 heavy (non-hydrogen) atoms. The van der Waals surface area contributed by atoms with E-state index in [0.29, 0.717) is 5.56 Å². The fourth-order valence-electron chi connectivity index (χ4n) is 3.21. The van der Waals surface area contributed by atoms with Crippen molar-refractivity contribution in [3.63, 3.8) is 0 Å². The van der Waals surface area contributed by atoms with E-state index in [4.69, 9.17) is 16.3 Å². The number of rotatable bonds is 4. The summed E-state index contributed by atoms with van der Waals surface area (Å²) in [4.78, 5) is 13.0. The maximum atomic E-state index is 13.0. The van der Waals surface area contributed by atoms with Crippen molar-refractivity contribution in [2.45, 2.75) is 26.4 Å². The molecule has 0 radical (unpaired) electrons. The predicted molar refractivity (Wildman–Crippen MR) is 122 cm³/mol. The van der Waals surface area contributed by atoms with Crippen molar-refractivity contribution in [2.75, 3.05) is 0 Å². The molecule has 0 spiro atoms. The first kappa shape index (κ1) is 20.5. The van der Waals surface area contributed by atoms with Crippen molar-refractivity contribution in [3.8, 4) is 0 Å². The van der Waals surface area contributed by atoms with Crippen LogP contribution in [0, 0.1) is 0 Å². The molecule has 0 N–H and O–H groups in total. The van der Waals surface area contributed by atoms with Gasteiger partial charge in [0.05, 0.1) is 5.56 Å². The molecule has 3 rings (SSSR count). The lowest BCUT2D eigenvalue weighted by atomic mass is 10.1. The van der Waals surface area contributed by atoms with Crippen LogP contribution in [0.5, 0.6) is 0 Å². The van der Waals surface area contributed by atoms with E-state index in [1.807, 2.05) is 81.4 Å². The van der Waals surface area contributed by atoms with E-state index in [0.717, 1.165) is 15.9 Å². The molecule has 0 aliphatic rings. The molecular formula is C24H24ClO2P. The van der Waals surface area contributed by atoms with Crippen LogP contribution in [0.3, 0.4) is 0 Å².